The van der Waals surface area contributed by atoms with Crippen molar-refractivity contribution in [3.63, 3.8) is 0 Å². The molecule has 4 nitrogen and oxygen atoms in total. The van der Waals surface area contributed by atoms with Gasteiger partial charge >= 0.3 is 0 Å². The SMILES string of the molecule is COc1cc(OC)cc(OC(c2ccsc2)C(C)N)c1. The first-order chi connectivity index (χ1) is 9.63. The fourth-order valence-electron chi connectivity index (χ4n) is 1.91. The van der Waals surface area contributed by atoms with Gasteiger partial charge in [0.2, 0.25) is 0 Å². The summed E-state index contributed by atoms with van der Waals surface area (Å²) in [7, 11) is 3.22. The van der Waals surface area contributed by atoms with Gasteiger partial charge in [-0.1, -0.05) is 0 Å². The van der Waals surface area contributed by atoms with Crippen molar-refractivity contribution >= 4 is 11.3 Å². The predicted molar refractivity (Wildman–Crippen MR) is 80.9 cm³/mol. The van der Waals surface area contributed by atoms with Crippen LogP contribution in [0.15, 0.2) is 35.0 Å². The summed E-state index contributed by atoms with van der Waals surface area (Å²) in [4.78, 5) is 0. The molecule has 1 aromatic carbocycles. The summed E-state index contributed by atoms with van der Waals surface area (Å²) >= 11 is 1.63. The van der Waals surface area contributed by atoms with E-state index in [1.165, 1.54) is 0 Å². The third-order valence-electron chi connectivity index (χ3n) is 2.94. The van der Waals surface area contributed by atoms with E-state index in [0.29, 0.717) is 17.2 Å². The highest BCUT2D eigenvalue weighted by Gasteiger charge is 2.19. The highest BCUT2D eigenvalue weighted by atomic mass is 32.1. The van der Waals surface area contributed by atoms with Crippen molar-refractivity contribution in [3.05, 3.63) is 40.6 Å². The van der Waals surface area contributed by atoms with E-state index in [-0.39, 0.29) is 12.1 Å². The standard InChI is InChI=1S/C15H19NO3S/c1-10(16)15(11-4-5-20-9-11)19-14-7-12(17-2)6-13(8-14)18-3/h4-10,15H,16H2,1-3H3. The van der Waals surface area contributed by atoms with Gasteiger partial charge in [0.05, 0.1) is 14.2 Å². The molecule has 0 spiro atoms. The summed E-state index contributed by atoms with van der Waals surface area (Å²) < 4.78 is 16.5. The van der Waals surface area contributed by atoms with Gasteiger partial charge in [-0.2, -0.15) is 11.3 Å². The molecule has 2 N–H and O–H groups in total. The molecule has 108 valence electrons. The molecule has 0 saturated heterocycles. The van der Waals surface area contributed by atoms with E-state index in [2.05, 4.69) is 0 Å². The van der Waals surface area contributed by atoms with Gasteiger partial charge in [0.1, 0.15) is 23.4 Å². The van der Waals surface area contributed by atoms with Crippen LogP contribution in [0.5, 0.6) is 17.2 Å². The van der Waals surface area contributed by atoms with Crippen molar-refractivity contribution in [1.82, 2.24) is 0 Å². The molecule has 20 heavy (non-hydrogen) atoms. The predicted octanol–water partition coefficient (Wildman–Crippen LogP) is 3.23. The van der Waals surface area contributed by atoms with Gasteiger partial charge < -0.3 is 19.9 Å². The van der Waals surface area contributed by atoms with Crippen molar-refractivity contribution in [1.29, 1.82) is 0 Å². The minimum atomic E-state index is -0.196. The zero-order valence-electron chi connectivity index (χ0n) is 11.8. The molecular weight excluding hydrogens is 274 g/mol. The zero-order chi connectivity index (χ0) is 14.5. The summed E-state index contributed by atoms with van der Waals surface area (Å²) in [5.41, 5.74) is 7.11. The number of nitrogens with two attached hydrogens (primary N) is 1. The minimum absolute atomic E-state index is 0.123. The first kappa shape index (κ1) is 14.7. The fourth-order valence-corrected chi connectivity index (χ4v) is 2.60. The second kappa shape index (κ2) is 6.63. The molecule has 2 atom stereocenters. The average molecular weight is 293 g/mol. The van der Waals surface area contributed by atoms with Crippen molar-refractivity contribution < 1.29 is 14.2 Å². The van der Waals surface area contributed by atoms with E-state index in [9.17, 15) is 0 Å². The highest BCUT2D eigenvalue weighted by molar-refractivity contribution is 7.07. The molecule has 0 bridgehead atoms. The Bertz CT molecular complexity index is 518. The maximum absolute atomic E-state index is 6.03. The Morgan fingerprint density at radius 2 is 1.65 bits per heavy atom. The maximum Gasteiger partial charge on any atom is 0.139 e. The van der Waals surface area contributed by atoms with E-state index in [0.717, 1.165) is 5.56 Å². The van der Waals surface area contributed by atoms with Crippen LogP contribution in [-0.2, 0) is 0 Å². The van der Waals surface area contributed by atoms with E-state index in [1.807, 2.05) is 35.9 Å². The van der Waals surface area contributed by atoms with Crippen LogP contribution in [0, 0.1) is 0 Å². The smallest absolute Gasteiger partial charge is 0.139 e. The Labute approximate surface area is 123 Å². The monoisotopic (exact) mass is 293 g/mol. The lowest BCUT2D eigenvalue weighted by molar-refractivity contribution is 0.179. The molecule has 0 saturated carbocycles. The fraction of sp³-hybridized carbons (Fsp3) is 0.333. The summed E-state index contributed by atoms with van der Waals surface area (Å²) in [5, 5.41) is 4.06. The third kappa shape index (κ3) is 3.43. The van der Waals surface area contributed by atoms with E-state index < -0.39 is 0 Å². The van der Waals surface area contributed by atoms with Gasteiger partial charge in [-0.15, -0.1) is 0 Å². The number of hydrogen-bond donors (Lipinski definition) is 1. The van der Waals surface area contributed by atoms with Gasteiger partial charge in [-0.25, -0.2) is 0 Å². The van der Waals surface area contributed by atoms with E-state index >= 15 is 0 Å². The normalized spacial score (nSPS) is 13.6. The Balaban J connectivity index is 2.26. The third-order valence-corrected chi connectivity index (χ3v) is 3.64. The van der Waals surface area contributed by atoms with Crippen molar-refractivity contribution in [2.24, 2.45) is 5.73 Å². The molecule has 2 aromatic rings. The van der Waals surface area contributed by atoms with Gasteiger partial charge in [0, 0.05) is 29.8 Å². The number of thiophene rings is 1. The Kier molecular flexibility index (Phi) is 4.87. The average Bonchev–Trinajstić information content (AvgIpc) is 2.97. The van der Waals surface area contributed by atoms with Crippen LogP contribution in [0.4, 0.5) is 0 Å². The number of ether oxygens (including phenoxy) is 3. The Morgan fingerprint density at radius 1 is 1.05 bits per heavy atom. The summed E-state index contributed by atoms with van der Waals surface area (Å²) in [6.45, 7) is 1.93. The molecule has 0 fully saturated rings. The maximum atomic E-state index is 6.03. The molecule has 0 radical (unpaired) electrons. The summed E-state index contributed by atoms with van der Waals surface area (Å²) in [5.74, 6) is 2.05. The van der Waals surface area contributed by atoms with Crippen LogP contribution in [0.3, 0.4) is 0 Å². The van der Waals surface area contributed by atoms with Crippen molar-refractivity contribution in [2.75, 3.05) is 14.2 Å². The van der Waals surface area contributed by atoms with Gasteiger partial charge in [-0.3, -0.25) is 0 Å². The molecule has 0 amide bonds. The van der Waals surface area contributed by atoms with Crippen LogP contribution < -0.4 is 19.9 Å². The molecular formula is C15H19NO3S. The Morgan fingerprint density at radius 3 is 2.10 bits per heavy atom. The van der Waals surface area contributed by atoms with Crippen LogP contribution in [0.2, 0.25) is 0 Å². The molecule has 1 aromatic heterocycles. The summed E-state index contributed by atoms with van der Waals surface area (Å²) in [6.07, 6.45) is -0.196. The number of hydrogen-bond acceptors (Lipinski definition) is 5. The van der Waals surface area contributed by atoms with Crippen LogP contribution in [-0.4, -0.2) is 20.3 Å². The topological polar surface area (TPSA) is 53.7 Å². The first-order valence-corrected chi connectivity index (χ1v) is 7.25. The lowest BCUT2D eigenvalue weighted by atomic mass is 10.1. The van der Waals surface area contributed by atoms with E-state index in [1.54, 1.807) is 31.6 Å². The summed E-state index contributed by atoms with van der Waals surface area (Å²) in [6, 6.07) is 7.35. The van der Waals surface area contributed by atoms with Gasteiger partial charge in [0.15, 0.2) is 0 Å². The van der Waals surface area contributed by atoms with Crippen LogP contribution in [0.1, 0.15) is 18.6 Å². The molecule has 0 aliphatic heterocycles. The Hall–Kier alpha value is -1.72. The van der Waals surface area contributed by atoms with Crippen LogP contribution >= 0.6 is 11.3 Å². The molecule has 2 rings (SSSR count). The number of benzene rings is 1. The molecule has 5 heteroatoms. The van der Waals surface area contributed by atoms with Gasteiger partial charge in [-0.05, 0) is 23.8 Å². The molecule has 0 aliphatic carbocycles. The van der Waals surface area contributed by atoms with Crippen molar-refractivity contribution in [2.45, 2.75) is 19.1 Å². The molecule has 1 heterocycles. The van der Waals surface area contributed by atoms with Crippen LogP contribution in [0.25, 0.3) is 0 Å². The number of methoxy groups -OCH3 is 2. The largest absolute Gasteiger partial charge is 0.496 e. The van der Waals surface area contributed by atoms with E-state index in [4.69, 9.17) is 19.9 Å². The van der Waals surface area contributed by atoms with Crippen molar-refractivity contribution in [3.8, 4) is 17.2 Å². The molecule has 0 aliphatic rings. The highest BCUT2D eigenvalue weighted by Crippen LogP contribution is 2.32. The minimum Gasteiger partial charge on any atom is -0.496 e. The zero-order valence-corrected chi connectivity index (χ0v) is 12.6. The first-order valence-electron chi connectivity index (χ1n) is 6.31. The molecule has 2 unspecified atom stereocenters. The second-order valence-electron chi connectivity index (χ2n) is 4.50. The van der Waals surface area contributed by atoms with Gasteiger partial charge in [0.25, 0.3) is 0 Å². The lowest BCUT2D eigenvalue weighted by Gasteiger charge is -2.22. The lowest BCUT2D eigenvalue weighted by Crippen LogP contribution is -2.28. The second-order valence-corrected chi connectivity index (χ2v) is 5.28. The quantitative estimate of drug-likeness (QED) is 0.888. The number of rotatable bonds is 6.